The molecule has 112 valence electrons. The summed E-state index contributed by atoms with van der Waals surface area (Å²) < 4.78 is 13.9. The van der Waals surface area contributed by atoms with E-state index in [1.54, 1.807) is 6.92 Å². The summed E-state index contributed by atoms with van der Waals surface area (Å²) in [6.07, 6.45) is 0.242. The highest BCUT2D eigenvalue weighted by atomic mass is 19.1. The molecule has 0 radical (unpaired) electrons. The summed E-state index contributed by atoms with van der Waals surface area (Å²) in [4.78, 5) is 15.4. The third-order valence-electron chi connectivity index (χ3n) is 2.99. The number of anilines is 1. The maximum Gasteiger partial charge on any atom is 0.320 e. The van der Waals surface area contributed by atoms with Crippen molar-refractivity contribution in [3.05, 3.63) is 35.8 Å². The van der Waals surface area contributed by atoms with E-state index in [-0.39, 0.29) is 11.2 Å². The van der Waals surface area contributed by atoms with Gasteiger partial charge in [0.25, 0.3) is 0 Å². The molecule has 0 aliphatic heterocycles. The SMILES string of the molecule is CCNC(=O)Nc1cc2c(F)ccc(C(O)CO)c2cn1. The van der Waals surface area contributed by atoms with Crippen molar-refractivity contribution in [2.45, 2.75) is 13.0 Å². The molecule has 0 bridgehead atoms. The number of aliphatic hydroxyl groups is 2. The number of hydrogen-bond acceptors (Lipinski definition) is 4. The summed E-state index contributed by atoms with van der Waals surface area (Å²) in [6, 6.07) is 3.55. The van der Waals surface area contributed by atoms with Gasteiger partial charge in [-0.2, -0.15) is 0 Å². The zero-order valence-corrected chi connectivity index (χ0v) is 11.4. The first-order valence-electron chi connectivity index (χ1n) is 6.48. The number of rotatable bonds is 4. The van der Waals surface area contributed by atoms with E-state index < -0.39 is 24.6 Å². The standard InChI is InChI=1S/C14H16FN3O3/c1-2-16-14(21)18-13-5-9-10(6-17-13)8(12(20)7-19)3-4-11(9)15/h3-6,12,19-20H,2,7H2,1H3,(H2,16,17,18,21). The summed E-state index contributed by atoms with van der Waals surface area (Å²) in [7, 11) is 0. The molecule has 2 rings (SSSR count). The highest BCUT2D eigenvalue weighted by Crippen LogP contribution is 2.27. The predicted molar refractivity (Wildman–Crippen MR) is 76.4 cm³/mol. The van der Waals surface area contributed by atoms with Crippen LogP contribution in [0.4, 0.5) is 15.0 Å². The lowest BCUT2D eigenvalue weighted by molar-refractivity contribution is 0.0967. The zero-order chi connectivity index (χ0) is 15.4. The first-order valence-corrected chi connectivity index (χ1v) is 6.48. The number of nitrogens with zero attached hydrogens (tertiary/aromatic N) is 1. The minimum absolute atomic E-state index is 0.197. The lowest BCUT2D eigenvalue weighted by atomic mass is 10.0. The van der Waals surface area contributed by atoms with Crippen molar-refractivity contribution in [3.8, 4) is 0 Å². The quantitative estimate of drug-likeness (QED) is 0.688. The van der Waals surface area contributed by atoms with Crippen LogP contribution in [0.2, 0.25) is 0 Å². The van der Waals surface area contributed by atoms with Gasteiger partial charge in [0.15, 0.2) is 0 Å². The third-order valence-corrected chi connectivity index (χ3v) is 2.99. The number of hydrogen-bond donors (Lipinski definition) is 4. The highest BCUT2D eigenvalue weighted by Gasteiger charge is 2.14. The lowest BCUT2D eigenvalue weighted by Crippen LogP contribution is -2.28. The van der Waals surface area contributed by atoms with Gasteiger partial charge in [0.05, 0.1) is 6.61 Å². The van der Waals surface area contributed by atoms with Crippen LogP contribution in [-0.2, 0) is 0 Å². The topological polar surface area (TPSA) is 94.5 Å². The van der Waals surface area contributed by atoms with Gasteiger partial charge in [-0.1, -0.05) is 6.07 Å². The summed E-state index contributed by atoms with van der Waals surface area (Å²) >= 11 is 0. The van der Waals surface area contributed by atoms with Crippen molar-refractivity contribution < 1.29 is 19.4 Å². The van der Waals surface area contributed by atoms with Crippen LogP contribution >= 0.6 is 0 Å². The molecule has 1 aromatic carbocycles. The number of benzene rings is 1. The number of amides is 2. The molecule has 0 aliphatic rings. The van der Waals surface area contributed by atoms with Crippen LogP contribution in [0.5, 0.6) is 0 Å². The van der Waals surface area contributed by atoms with Crippen LogP contribution in [-0.4, -0.2) is 34.4 Å². The van der Waals surface area contributed by atoms with Crippen molar-refractivity contribution in [3.63, 3.8) is 0 Å². The monoisotopic (exact) mass is 293 g/mol. The van der Waals surface area contributed by atoms with Crippen LogP contribution in [0.25, 0.3) is 10.8 Å². The van der Waals surface area contributed by atoms with E-state index in [1.807, 2.05) is 0 Å². The van der Waals surface area contributed by atoms with Gasteiger partial charge in [0.2, 0.25) is 0 Å². The number of fused-ring (bicyclic) bond motifs is 1. The first kappa shape index (κ1) is 15.1. The number of halogens is 1. The molecule has 1 atom stereocenters. The number of aliphatic hydroxyl groups excluding tert-OH is 2. The Balaban J connectivity index is 2.43. The van der Waals surface area contributed by atoms with Crippen LogP contribution < -0.4 is 10.6 Å². The Morgan fingerprint density at radius 3 is 2.86 bits per heavy atom. The molecule has 2 amide bonds. The zero-order valence-electron chi connectivity index (χ0n) is 11.4. The van der Waals surface area contributed by atoms with E-state index in [2.05, 4.69) is 15.6 Å². The van der Waals surface area contributed by atoms with E-state index in [0.717, 1.165) is 0 Å². The average molecular weight is 293 g/mol. The van der Waals surface area contributed by atoms with Gasteiger partial charge in [0.1, 0.15) is 17.7 Å². The second kappa shape index (κ2) is 6.47. The van der Waals surface area contributed by atoms with E-state index >= 15 is 0 Å². The molecule has 0 saturated heterocycles. The average Bonchev–Trinajstić information content (AvgIpc) is 2.47. The minimum Gasteiger partial charge on any atom is -0.393 e. The molecule has 21 heavy (non-hydrogen) atoms. The second-order valence-corrected chi connectivity index (χ2v) is 4.43. The number of urea groups is 1. The van der Waals surface area contributed by atoms with Gasteiger partial charge in [0, 0.05) is 23.5 Å². The normalized spacial score (nSPS) is 12.2. The molecule has 2 aromatic rings. The summed E-state index contributed by atoms with van der Waals surface area (Å²) in [6.45, 7) is 1.76. The fourth-order valence-corrected chi connectivity index (χ4v) is 2.00. The number of carbonyl (C=O) groups excluding carboxylic acids is 1. The Morgan fingerprint density at radius 2 is 2.19 bits per heavy atom. The molecule has 1 aromatic heterocycles. The molecule has 1 unspecified atom stereocenters. The Morgan fingerprint density at radius 1 is 1.43 bits per heavy atom. The number of aromatic nitrogens is 1. The molecule has 0 saturated carbocycles. The Kier molecular flexibility index (Phi) is 4.66. The van der Waals surface area contributed by atoms with Crippen molar-refractivity contribution in [2.24, 2.45) is 0 Å². The van der Waals surface area contributed by atoms with E-state index in [9.17, 15) is 14.3 Å². The van der Waals surface area contributed by atoms with E-state index in [4.69, 9.17) is 5.11 Å². The molecular formula is C14H16FN3O3. The van der Waals surface area contributed by atoms with Gasteiger partial charge in [-0.05, 0) is 24.6 Å². The van der Waals surface area contributed by atoms with Crippen molar-refractivity contribution in [1.82, 2.24) is 10.3 Å². The lowest BCUT2D eigenvalue weighted by Gasteiger charge is -2.12. The van der Waals surface area contributed by atoms with Crippen LogP contribution in [0, 0.1) is 5.82 Å². The van der Waals surface area contributed by atoms with E-state index in [1.165, 1.54) is 24.4 Å². The molecule has 0 spiro atoms. The largest absolute Gasteiger partial charge is 0.393 e. The summed E-state index contributed by atoms with van der Waals surface area (Å²) in [5, 5.41) is 24.4. The maximum absolute atomic E-state index is 13.9. The molecular weight excluding hydrogens is 277 g/mol. The van der Waals surface area contributed by atoms with E-state index in [0.29, 0.717) is 17.5 Å². The number of carbonyl (C=O) groups is 1. The fourth-order valence-electron chi connectivity index (χ4n) is 2.00. The van der Waals surface area contributed by atoms with Gasteiger partial charge in [-0.25, -0.2) is 14.2 Å². The van der Waals surface area contributed by atoms with Crippen LogP contribution in [0.3, 0.4) is 0 Å². The highest BCUT2D eigenvalue weighted by molar-refractivity contribution is 5.93. The number of nitrogens with one attached hydrogen (secondary N) is 2. The smallest absolute Gasteiger partial charge is 0.320 e. The maximum atomic E-state index is 13.9. The van der Waals surface area contributed by atoms with Gasteiger partial charge < -0.3 is 15.5 Å². The molecule has 7 heteroatoms. The van der Waals surface area contributed by atoms with Crippen molar-refractivity contribution in [1.29, 1.82) is 0 Å². The summed E-state index contributed by atoms with van der Waals surface area (Å²) in [5.41, 5.74) is 0.381. The number of pyridine rings is 1. The molecule has 4 N–H and O–H groups in total. The van der Waals surface area contributed by atoms with Crippen LogP contribution in [0.15, 0.2) is 24.4 Å². The summed E-state index contributed by atoms with van der Waals surface area (Å²) in [5.74, 6) is -0.303. The second-order valence-electron chi connectivity index (χ2n) is 4.43. The first-order chi connectivity index (χ1) is 10.1. The van der Waals surface area contributed by atoms with Gasteiger partial charge >= 0.3 is 6.03 Å². The Hall–Kier alpha value is -2.25. The molecule has 0 aliphatic carbocycles. The molecule has 1 heterocycles. The predicted octanol–water partition coefficient (Wildman–Crippen LogP) is 1.54. The van der Waals surface area contributed by atoms with Crippen molar-refractivity contribution in [2.75, 3.05) is 18.5 Å². The Labute approximate surface area is 120 Å². The van der Waals surface area contributed by atoms with Gasteiger partial charge in [-0.15, -0.1) is 0 Å². The Bertz CT molecular complexity index is 663. The fraction of sp³-hybridized carbons (Fsp3) is 0.286. The third kappa shape index (κ3) is 3.26. The molecule has 0 fully saturated rings. The van der Waals surface area contributed by atoms with Gasteiger partial charge in [-0.3, -0.25) is 5.32 Å². The molecule has 6 nitrogen and oxygen atoms in total. The van der Waals surface area contributed by atoms with Crippen molar-refractivity contribution >= 4 is 22.6 Å². The minimum atomic E-state index is -1.11. The van der Waals surface area contributed by atoms with Crippen LogP contribution in [0.1, 0.15) is 18.6 Å².